The fourth-order valence-electron chi connectivity index (χ4n) is 5.85. The van der Waals surface area contributed by atoms with Crippen molar-refractivity contribution in [3.8, 4) is 0 Å². The van der Waals surface area contributed by atoms with E-state index in [9.17, 15) is 14.4 Å². The van der Waals surface area contributed by atoms with E-state index in [1.54, 1.807) is 11.0 Å². The largest absolute Gasteiger partial charge is 0.306 e. The molecule has 7 heteroatoms. The van der Waals surface area contributed by atoms with Crippen LogP contribution in [0.15, 0.2) is 48.5 Å². The second-order valence-corrected chi connectivity index (χ2v) is 9.56. The first-order valence-corrected chi connectivity index (χ1v) is 12.1. The van der Waals surface area contributed by atoms with Gasteiger partial charge in [-0.05, 0) is 30.5 Å². The number of rotatable bonds is 6. The summed E-state index contributed by atoms with van der Waals surface area (Å²) in [4.78, 5) is 44.4. The Labute approximate surface area is 198 Å². The molecule has 3 heterocycles. The van der Waals surface area contributed by atoms with Gasteiger partial charge in [-0.2, -0.15) is 0 Å². The van der Waals surface area contributed by atoms with Crippen LogP contribution in [-0.4, -0.2) is 35.2 Å². The van der Waals surface area contributed by atoms with Crippen molar-refractivity contribution >= 4 is 35.0 Å². The fourth-order valence-corrected chi connectivity index (χ4v) is 6.05. The number of carbonyl (C=O) groups is 3. The Morgan fingerprint density at radius 1 is 0.970 bits per heavy atom. The summed E-state index contributed by atoms with van der Waals surface area (Å²) in [7, 11) is 0. The van der Waals surface area contributed by atoms with E-state index >= 15 is 0 Å². The third-order valence-electron chi connectivity index (χ3n) is 7.42. The van der Waals surface area contributed by atoms with Gasteiger partial charge in [0, 0.05) is 28.9 Å². The van der Waals surface area contributed by atoms with E-state index in [-0.39, 0.29) is 23.8 Å². The van der Waals surface area contributed by atoms with Crippen LogP contribution in [-0.2, 0) is 26.5 Å². The average Bonchev–Trinajstić information content (AvgIpc) is 3.38. The molecule has 0 unspecified atom stereocenters. The number of unbranched alkanes of at least 4 members (excludes halogenated alkanes) is 1. The number of nitrogens with one attached hydrogen (secondary N) is 1. The number of halogens is 1. The van der Waals surface area contributed by atoms with Crippen LogP contribution in [0.4, 0.5) is 5.69 Å². The van der Waals surface area contributed by atoms with Gasteiger partial charge in [0.2, 0.25) is 11.8 Å². The summed E-state index contributed by atoms with van der Waals surface area (Å²) in [5.74, 6) is -1.84. The monoisotopic (exact) mass is 465 g/mol. The number of para-hydroxylation sites is 1. The normalized spacial score (nSPS) is 28.2. The predicted octanol–water partition coefficient (Wildman–Crippen LogP) is 3.87. The van der Waals surface area contributed by atoms with Gasteiger partial charge >= 0.3 is 0 Å². The van der Waals surface area contributed by atoms with Crippen LogP contribution in [0.2, 0.25) is 5.02 Å². The third kappa shape index (κ3) is 3.07. The van der Waals surface area contributed by atoms with Crippen molar-refractivity contribution in [1.29, 1.82) is 0 Å². The van der Waals surface area contributed by atoms with Gasteiger partial charge in [-0.1, -0.05) is 68.3 Å². The molecule has 3 aliphatic heterocycles. The summed E-state index contributed by atoms with van der Waals surface area (Å²) < 4.78 is 0. The van der Waals surface area contributed by atoms with Gasteiger partial charge in [0.15, 0.2) is 0 Å². The van der Waals surface area contributed by atoms with Crippen molar-refractivity contribution in [2.24, 2.45) is 11.8 Å². The van der Waals surface area contributed by atoms with Crippen LogP contribution in [0.1, 0.15) is 44.2 Å². The summed E-state index contributed by atoms with van der Waals surface area (Å²) in [6, 6.07) is 14.8. The fraction of sp³-hybridized carbons (Fsp3) is 0.423. The Morgan fingerprint density at radius 2 is 1.70 bits per heavy atom. The standard InChI is InChI=1S/C26H28ClN3O3/c1-3-5-14-29-23(31)21-19(4-2)28-26(22(21)24(29)32)17-11-7-9-13-20(17)30(25(26)33)15-16-10-6-8-12-18(16)27/h6-13,19,21-22,28H,3-5,14-15H2,1-2H3/t19-,21+,22-,26-/m0/s1. The lowest BCUT2D eigenvalue weighted by Crippen LogP contribution is -2.55. The Balaban J connectivity index is 1.61. The zero-order valence-corrected chi connectivity index (χ0v) is 19.6. The number of hydrogen-bond acceptors (Lipinski definition) is 4. The number of imide groups is 1. The number of hydrogen-bond donors (Lipinski definition) is 1. The number of amides is 3. The highest BCUT2D eigenvalue weighted by Gasteiger charge is 2.71. The lowest BCUT2D eigenvalue weighted by atomic mass is 9.76. The van der Waals surface area contributed by atoms with E-state index in [1.165, 1.54) is 4.90 Å². The van der Waals surface area contributed by atoms with Crippen molar-refractivity contribution in [3.05, 3.63) is 64.7 Å². The molecule has 5 rings (SSSR count). The molecular formula is C26H28ClN3O3. The van der Waals surface area contributed by atoms with E-state index < -0.39 is 17.4 Å². The maximum atomic E-state index is 14.2. The van der Waals surface area contributed by atoms with Crippen molar-refractivity contribution in [2.45, 2.75) is 51.2 Å². The first-order valence-electron chi connectivity index (χ1n) is 11.7. The molecule has 0 radical (unpaired) electrons. The molecular weight excluding hydrogens is 438 g/mol. The number of anilines is 1. The number of likely N-dealkylation sites (tertiary alicyclic amines) is 1. The lowest BCUT2D eigenvalue weighted by molar-refractivity contribution is -0.143. The molecule has 1 spiro atoms. The van der Waals surface area contributed by atoms with Gasteiger partial charge < -0.3 is 4.90 Å². The Bertz CT molecular complexity index is 1140. The zero-order chi connectivity index (χ0) is 23.3. The van der Waals surface area contributed by atoms with Crippen molar-refractivity contribution in [2.75, 3.05) is 11.4 Å². The van der Waals surface area contributed by atoms with E-state index in [2.05, 4.69) is 5.32 Å². The predicted molar refractivity (Wildman–Crippen MR) is 127 cm³/mol. The smallest absolute Gasteiger partial charge is 0.253 e. The maximum Gasteiger partial charge on any atom is 0.253 e. The number of fused-ring (bicyclic) bond motifs is 4. The van der Waals surface area contributed by atoms with Crippen LogP contribution >= 0.6 is 11.6 Å². The second kappa shape index (κ2) is 8.26. The molecule has 2 aromatic rings. The van der Waals surface area contributed by atoms with Gasteiger partial charge in [0.25, 0.3) is 5.91 Å². The molecule has 2 aromatic carbocycles. The van der Waals surface area contributed by atoms with Crippen LogP contribution in [0.3, 0.4) is 0 Å². The number of nitrogens with zero attached hydrogens (tertiary/aromatic N) is 2. The quantitative estimate of drug-likeness (QED) is 0.657. The highest BCUT2D eigenvalue weighted by atomic mass is 35.5. The summed E-state index contributed by atoms with van der Waals surface area (Å²) in [5.41, 5.74) is 1.13. The van der Waals surface area contributed by atoms with Gasteiger partial charge in [-0.15, -0.1) is 0 Å². The molecule has 3 aliphatic rings. The van der Waals surface area contributed by atoms with Gasteiger partial charge in [0.1, 0.15) is 5.54 Å². The third-order valence-corrected chi connectivity index (χ3v) is 7.79. The summed E-state index contributed by atoms with van der Waals surface area (Å²) in [6.07, 6.45) is 2.31. The minimum Gasteiger partial charge on any atom is -0.306 e. The molecule has 172 valence electrons. The second-order valence-electron chi connectivity index (χ2n) is 9.15. The molecule has 2 saturated heterocycles. The van der Waals surface area contributed by atoms with Crippen molar-refractivity contribution in [3.63, 3.8) is 0 Å². The Morgan fingerprint density at radius 3 is 2.42 bits per heavy atom. The van der Waals surface area contributed by atoms with Crippen LogP contribution in [0.25, 0.3) is 0 Å². The van der Waals surface area contributed by atoms with Gasteiger partial charge in [-0.25, -0.2) is 0 Å². The van der Waals surface area contributed by atoms with Crippen molar-refractivity contribution in [1.82, 2.24) is 10.2 Å². The van der Waals surface area contributed by atoms with Crippen LogP contribution < -0.4 is 10.2 Å². The van der Waals surface area contributed by atoms with E-state index in [4.69, 9.17) is 11.6 Å². The van der Waals surface area contributed by atoms with Gasteiger partial charge in [0.05, 0.1) is 18.4 Å². The highest BCUT2D eigenvalue weighted by Crippen LogP contribution is 2.55. The van der Waals surface area contributed by atoms with Crippen LogP contribution in [0, 0.1) is 11.8 Å². The molecule has 0 aromatic heterocycles. The first-order chi connectivity index (χ1) is 16.0. The summed E-state index contributed by atoms with van der Waals surface area (Å²) in [6.45, 7) is 4.74. The average molecular weight is 466 g/mol. The molecule has 6 nitrogen and oxygen atoms in total. The van der Waals surface area contributed by atoms with E-state index in [1.807, 2.05) is 56.3 Å². The molecule has 0 saturated carbocycles. The number of benzene rings is 2. The molecule has 1 N–H and O–H groups in total. The molecule has 3 amide bonds. The van der Waals surface area contributed by atoms with E-state index in [0.29, 0.717) is 24.5 Å². The zero-order valence-electron chi connectivity index (χ0n) is 18.9. The number of carbonyl (C=O) groups excluding carboxylic acids is 3. The molecule has 0 aliphatic carbocycles. The SMILES string of the molecule is CCCCN1C(=O)[C@@H]2[C@H](CC)N[C@]3(C(=O)N(Cc4ccccc4Cl)c4ccccc43)[C@@H]2C1=O. The molecule has 2 fully saturated rings. The molecule has 4 atom stereocenters. The Hall–Kier alpha value is -2.70. The van der Waals surface area contributed by atoms with E-state index in [0.717, 1.165) is 29.7 Å². The van der Waals surface area contributed by atoms with Gasteiger partial charge in [-0.3, -0.25) is 24.6 Å². The summed E-state index contributed by atoms with van der Waals surface area (Å²) in [5, 5.41) is 4.09. The van der Waals surface area contributed by atoms with Crippen molar-refractivity contribution < 1.29 is 14.4 Å². The summed E-state index contributed by atoms with van der Waals surface area (Å²) >= 11 is 6.41. The highest BCUT2D eigenvalue weighted by molar-refractivity contribution is 6.31. The maximum absolute atomic E-state index is 14.2. The molecule has 33 heavy (non-hydrogen) atoms. The first kappa shape index (κ1) is 22.1. The minimum atomic E-state index is -1.24. The van der Waals surface area contributed by atoms with Crippen LogP contribution in [0.5, 0.6) is 0 Å². The minimum absolute atomic E-state index is 0.149. The Kier molecular flexibility index (Phi) is 5.53. The molecule has 0 bridgehead atoms. The topological polar surface area (TPSA) is 69.7 Å². The lowest BCUT2D eigenvalue weighted by Gasteiger charge is -2.30.